The van der Waals surface area contributed by atoms with E-state index in [1.54, 1.807) is 0 Å². The first kappa shape index (κ1) is 35.7. The van der Waals surface area contributed by atoms with Crippen LogP contribution in [0.2, 0.25) is 26.2 Å². The maximum absolute atomic E-state index is 7.05. The summed E-state index contributed by atoms with van der Waals surface area (Å²) in [6.45, 7) is 10.2. The molecular weight excluding hydrogens is 785 g/mol. The molecule has 0 unspecified atom stereocenters. The van der Waals surface area contributed by atoms with Crippen molar-refractivity contribution in [1.29, 1.82) is 0 Å². The lowest BCUT2D eigenvalue weighted by Gasteiger charge is -2.22. The summed E-state index contributed by atoms with van der Waals surface area (Å²) in [5.74, 6) is 0. The molecule has 2 aliphatic heterocycles. The minimum Gasteiger partial charge on any atom is -0.455 e. The lowest BCUT2D eigenvalue weighted by atomic mass is 9.92. The van der Waals surface area contributed by atoms with E-state index in [1.165, 1.54) is 109 Å². The van der Waals surface area contributed by atoms with E-state index in [4.69, 9.17) is 8.83 Å². The predicted molar refractivity (Wildman–Crippen MR) is 267 cm³/mol. The fourth-order valence-corrected chi connectivity index (χ4v) is 17.1. The molecule has 0 spiro atoms. The van der Waals surface area contributed by atoms with E-state index in [0.29, 0.717) is 0 Å². The van der Waals surface area contributed by atoms with Crippen molar-refractivity contribution in [3.05, 3.63) is 182 Å². The van der Waals surface area contributed by atoms with Gasteiger partial charge >= 0.3 is 0 Å². The Morgan fingerprint density at radius 3 is 1.03 bits per heavy atom. The molecule has 0 N–H and O–H groups in total. The van der Waals surface area contributed by atoms with Gasteiger partial charge in [-0.15, -0.1) is 0 Å². The van der Waals surface area contributed by atoms with Crippen LogP contribution in [0, 0.1) is 0 Å². The van der Waals surface area contributed by atoms with Gasteiger partial charge in [-0.05, 0) is 88.5 Å². The highest BCUT2D eigenvalue weighted by Crippen LogP contribution is 2.48. The molecule has 2 aromatic heterocycles. The van der Waals surface area contributed by atoms with E-state index in [2.05, 4.69) is 208 Å². The third-order valence-corrected chi connectivity index (χ3v) is 21.3. The van der Waals surface area contributed by atoms with Crippen LogP contribution in [0.15, 0.2) is 191 Å². The van der Waals surface area contributed by atoms with Crippen LogP contribution in [-0.4, -0.2) is 16.1 Å². The van der Waals surface area contributed by atoms with Crippen molar-refractivity contribution < 1.29 is 8.83 Å². The highest BCUT2D eigenvalue weighted by atomic mass is 28.3. The minimum absolute atomic E-state index is 0.936. The zero-order valence-electron chi connectivity index (χ0n) is 35.1. The first-order valence-electron chi connectivity index (χ1n) is 21.7. The molecule has 0 aliphatic carbocycles. The Kier molecular flexibility index (Phi) is 7.36. The minimum atomic E-state index is -2.26. The van der Waals surface area contributed by atoms with Crippen molar-refractivity contribution >= 4 is 80.8 Å². The standard InChI is InChI=1S/C58H42O2Si2/c1-61(2)49-33-46-50(34-45(49)55-51(61)31-43(53-41-19-11-13-21-47(41)59-57(53)55)39-27-23-37(24-28-39)35-15-7-5-8-16-35)62(3,4)52-32-44(40-29-25-38(26-30-40)36-17-9-6-10-18-36)54-42-20-12-14-22-48(42)60-58(54)56(46)52/h5-34H,1-4H3. The fourth-order valence-electron chi connectivity index (χ4n) is 11.1. The Balaban J connectivity index is 1.03. The molecule has 62 heavy (non-hydrogen) atoms. The number of benzene rings is 9. The van der Waals surface area contributed by atoms with Crippen molar-refractivity contribution in [3.63, 3.8) is 0 Å². The molecule has 4 heteroatoms. The molecular formula is C58H42O2Si2. The van der Waals surface area contributed by atoms with E-state index in [9.17, 15) is 0 Å². The molecule has 4 heterocycles. The molecule has 0 saturated heterocycles. The third-order valence-electron chi connectivity index (χ3n) is 14.3. The quantitative estimate of drug-likeness (QED) is 0.165. The summed E-state index contributed by atoms with van der Waals surface area (Å²) in [5, 5.41) is 10.6. The Morgan fingerprint density at radius 2 is 0.629 bits per heavy atom. The van der Waals surface area contributed by atoms with Gasteiger partial charge in [0.25, 0.3) is 0 Å². The summed E-state index contributed by atoms with van der Waals surface area (Å²) in [6.07, 6.45) is 0. The van der Waals surface area contributed by atoms with Crippen LogP contribution in [0.5, 0.6) is 0 Å². The van der Waals surface area contributed by atoms with Crippen LogP contribution in [0.25, 0.3) is 111 Å². The molecule has 13 rings (SSSR count). The fraction of sp³-hybridized carbons (Fsp3) is 0.0690. The van der Waals surface area contributed by atoms with Crippen LogP contribution in [-0.2, 0) is 0 Å². The van der Waals surface area contributed by atoms with Gasteiger partial charge in [-0.3, -0.25) is 0 Å². The number of hydrogen-bond acceptors (Lipinski definition) is 2. The van der Waals surface area contributed by atoms with E-state index in [-0.39, 0.29) is 0 Å². The molecule has 0 atom stereocenters. The second-order valence-corrected chi connectivity index (χ2v) is 27.0. The van der Waals surface area contributed by atoms with Crippen LogP contribution < -0.4 is 20.7 Å². The molecule has 9 aromatic carbocycles. The summed E-state index contributed by atoms with van der Waals surface area (Å²) in [6, 6.07) is 67.0. The average Bonchev–Trinajstić information content (AvgIpc) is 4.02. The molecule has 0 radical (unpaired) electrons. The normalized spacial score (nSPS) is 14.4. The maximum atomic E-state index is 7.05. The number of fused-ring (bicyclic) bond motifs is 14. The predicted octanol–water partition coefficient (Wildman–Crippen LogP) is 13.8. The molecule has 0 saturated carbocycles. The van der Waals surface area contributed by atoms with Crippen molar-refractivity contribution in [2.24, 2.45) is 0 Å². The largest absolute Gasteiger partial charge is 0.455 e. The summed E-state index contributed by atoms with van der Waals surface area (Å²) in [5.41, 5.74) is 19.0. The first-order chi connectivity index (χ1) is 30.3. The van der Waals surface area contributed by atoms with Gasteiger partial charge in [0.15, 0.2) is 0 Å². The topological polar surface area (TPSA) is 26.3 Å². The molecule has 2 nitrogen and oxygen atoms in total. The number of para-hydroxylation sites is 2. The number of hydrogen-bond donors (Lipinski definition) is 0. The van der Waals surface area contributed by atoms with E-state index < -0.39 is 16.1 Å². The van der Waals surface area contributed by atoms with Crippen molar-refractivity contribution in [3.8, 4) is 66.8 Å². The highest BCUT2D eigenvalue weighted by Gasteiger charge is 2.46. The summed E-state index contributed by atoms with van der Waals surface area (Å²) in [4.78, 5) is 0. The van der Waals surface area contributed by atoms with Crippen LogP contribution in [0.4, 0.5) is 0 Å². The maximum Gasteiger partial charge on any atom is 0.143 e. The average molecular weight is 827 g/mol. The van der Waals surface area contributed by atoms with Gasteiger partial charge in [-0.2, -0.15) is 0 Å². The third kappa shape index (κ3) is 4.90. The van der Waals surface area contributed by atoms with Gasteiger partial charge in [-0.1, -0.05) is 196 Å². The number of rotatable bonds is 4. The van der Waals surface area contributed by atoms with Gasteiger partial charge in [0.1, 0.15) is 38.5 Å². The molecule has 0 fully saturated rings. The lowest BCUT2D eigenvalue weighted by molar-refractivity contribution is 0.670. The van der Waals surface area contributed by atoms with Gasteiger partial charge in [0.05, 0.1) is 0 Å². The van der Waals surface area contributed by atoms with E-state index in [1.807, 2.05) is 0 Å². The van der Waals surface area contributed by atoms with Gasteiger partial charge in [0.2, 0.25) is 0 Å². The number of furan rings is 2. The van der Waals surface area contributed by atoms with E-state index >= 15 is 0 Å². The second kappa shape index (κ2) is 12.8. The van der Waals surface area contributed by atoms with Crippen molar-refractivity contribution in [2.75, 3.05) is 0 Å². The summed E-state index contributed by atoms with van der Waals surface area (Å²) in [7, 11) is -4.51. The van der Waals surface area contributed by atoms with Gasteiger partial charge in [0, 0.05) is 32.7 Å². The van der Waals surface area contributed by atoms with Crippen LogP contribution in [0.3, 0.4) is 0 Å². The van der Waals surface area contributed by atoms with Crippen LogP contribution in [0.1, 0.15) is 0 Å². The SMILES string of the molecule is C[Si]1(C)c2cc3c(cc2-c2c1cc(-c1ccc(-c4ccccc4)cc1)c1c2oc2ccccc21)[Si](C)(C)c1cc(-c2ccc(-c4ccccc4)cc2)c2c(oc4ccccc42)c1-3. The zero-order chi connectivity index (χ0) is 41.5. The molecule has 11 aromatic rings. The molecule has 0 bridgehead atoms. The second-order valence-electron chi connectivity index (χ2n) is 18.4. The zero-order valence-corrected chi connectivity index (χ0v) is 37.1. The van der Waals surface area contributed by atoms with E-state index in [0.717, 1.165) is 22.3 Å². The summed E-state index contributed by atoms with van der Waals surface area (Å²) >= 11 is 0. The monoisotopic (exact) mass is 826 g/mol. The Labute approximate surface area is 362 Å². The Morgan fingerprint density at radius 1 is 0.306 bits per heavy atom. The molecule has 294 valence electrons. The van der Waals surface area contributed by atoms with Crippen molar-refractivity contribution in [2.45, 2.75) is 26.2 Å². The Bertz CT molecular complexity index is 3400. The molecule has 0 amide bonds. The smallest absolute Gasteiger partial charge is 0.143 e. The van der Waals surface area contributed by atoms with Gasteiger partial charge in [-0.25, -0.2) is 0 Å². The first-order valence-corrected chi connectivity index (χ1v) is 27.7. The lowest BCUT2D eigenvalue weighted by Crippen LogP contribution is -2.51. The van der Waals surface area contributed by atoms with Gasteiger partial charge < -0.3 is 8.83 Å². The highest BCUT2D eigenvalue weighted by molar-refractivity contribution is 7.06. The summed E-state index contributed by atoms with van der Waals surface area (Å²) < 4.78 is 14.1. The molecule has 2 aliphatic rings. The van der Waals surface area contributed by atoms with Crippen molar-refractivity contribution in [1.82, 2.24) is 0 Å². The Hall–Kier alpha value is -6.99. The van der Waals surface area contributed by atoms with Crippen LogP contribution >= 0.6 is 0 Å².